The van der Waals surface area contributed by atoms with E-state index in [1.165, 1.54) is 11.3 Å². The smallest absolute Gasteiger partial charge is 0.261 e. The minimum absolute atomic E-state index is 0.0437. The third-order valence-electron chi connectivity index (χ3n) is 3.40. The van der Waals surface area contributed by atoms with Gasteiger partial charge in [0.15, 0.2) is 0 Å². The molecule has 6 heteroatoms. The fourth-order valence-corrected chi connectivity index (χ4v) is 2.98. The number of nitrogens with two attached hydrogens (primary N) is 1. The Balaban J connectivity index is 1.94. The number of hydrogen-bond donors (Lipinski definition) is 2. The average molecular weight is 281 g/mol. The van der Waals surface area contributed by atoms with Gasteiger partial charge in [-0.25, -0.2) is 0 Å². The van der Waals surface area contributed by atoms with Gasteiger partial charge in [-0.15, -0.1) is 11.3 Å². The highest BCUT2D eigenvalue weighted by Gasteiger charge is 2.31. The standard InChI is InChI=1S/C13H19N3O2S/c1-9(15-12(17)11-5-3-7-19-11)13(18)16-6-2-4-10(16)8-14/h3,5,7,9-10H,2,4,6,8,14H2,1H3,(H,15,17). The molecular weight excluding hydrogens is 262 g/mol. The normalized spacial score (nSPS) is 20.3. The summed E-state index contributed by atoms with van der Waals surface area (Å²) in [5.74, 6) is -0.239. The van der Waals surface area contributed by atoms with E-state index in [0.29, 0.717) is 11.4 Å². The first-order valence-electron chi connectivity index (χ1n) is 6.48. The van der Waals surface area contributed by atoms with E-state index in [0.717, 1.165) is 19.4 Å². The molecule has 1 aromatic heterocycles. The summed E-state index contributed by atoms with van der Waals surface area (Å²) < 4.78 is 0. The molecule has 0 spiro atoms. The first-order valence-corrected chi connectivity index (χ1v) is 7.36. The van der Waals surface area contributed by atoms with Crippen molar-refractivity contribution in [1.29, 1.82) is 0 Å². The second-order valence-corrected chi connectivity index (χ2v) is 5.68. The Morgan fingerprint density at radius 2 is 2.42 bits per heavy atom. The van der Waals surface area contributed by atoms with E-state index in [-0.39, 0.29) is 17.9 Å². The quantitative estimate of drug-likeness (QED) is 0.858. The molecule has 104 valence electrons. The molecule has 2 heterocycles. The van der Waals surface area contributed by atoms with E-state index in [2.05, 4.69) is 5.32 Å². The Hall–Kier alpha value is -1.40. The first kappa shape index (κ1) is 14.0. The van der Waals surface area contributed by atoms with E-state index in [1.54, 1.807) is 17.9 Å². The number of nitrogens with one attached hydrogen (secondary N) is 1. The number of amides is 2. The van der Waals surface area contributed by atoms with Crippen molar-refractivity contribution in [1.82, 2.24) is 10.2 Å². The number of carbonyl (C=O) groups is 2. The first-order chi connectivity index (χ1) is 9.13. The molecule has 0 aromatic carbocycles. The monoisotopic (exact) mass is 281 g/mol. The number of carbonyl (C=O) groups excluding carboxylic acids is 2. The van der Waals surface area contributed by atoms with Gasteiger partial charge in [-0.05, 0) is 31.2 Å². The summed E-state index contributed by atoms with van der Waals surface area (Å²) in [7, 11) is 0. The number of rotatable bonds is 4. The Kier molecular flexibility index (Phi) is 4.55. The van der Waals surface area contributed by atoms with Crippen LogP contribution in [0.5, 0.6) is 0 Å². The van der Waals surface area contributed by atoms with Crippen LogP contribution >= 0.6 is 11.3 Å². The SMILES string of the molecule is CC(NC(=O)c1cccs1)C(=O)N1CCCC1CN. The van der Waals surface area contributed by atoms with Crippen molar-refractivity contribution in [2.75, 3.05) is 13.1 Å². The van der Waals surface area contributed by atoms with Crippen LogP contribution in [0.25, 0.3) is 0 Å². The van der Waals surface area contributed by atoms with Crippen molar-refractivity contribution >= 4 is 23.2 Å². The van der Waals surface area contributed by atoms with Gasteiger partial charge in [0, 0.05) is 19.1 Å². The molecule has 1 aliphatic heterocycles. The van der Waals surface area contributed by atoms with Gasteiger partial charge in [0.05, 0.1) is 4.88 Å². The van der Waals surface area contributed by atoms with Crippen LogP contribution in [0, 0.1) is 0 Å². The van der Waals surface area contributed by atoms with Gasteiger partial charge in [0.1, 0.15) is 6.04 Å². The minimum Gasteiger partial charge on any atom is -0.340 e. The molecule has 19 heavy (non-hydrogen) atoms. The fraction of sp³-hybridized carbons (Fsp3) is 0.538. The lowest BCUT2D eigenvalue weighted by Crippen LogP contribution is -2.50. The topological polar surface area (TPSA) is 75.4 Å². The van der Waals surface area contributed by atoms with Crippen LogP contribution in [-0.2, 0) is 4.79 Å². The summed E-state index contributed by atoms with van der Waals surface area (Å²) in [6, 6.07) is 3.17. The molecule has 0 bridgehead atoms. The molecular formula is C13H19N3O2S. The molecule has 1 saturated heterocycles. The summed E-state index contributed by atoms with van der Waals surface area (Å²) in [4.78, 5) is 26.6. The van der Waals surface area contributed by atoms with Crippen LogP contribution in [0.1, 0.15) is 29.4 Å². The van der Waals surface area contributed by atoms with Crippen molar-refractivity contribution in [3.8, 4) is 0 Å². The third kappa shape index (κ3) is 3.13. The molecule has 0 saturated carbocycles. The molecule has 2 rings (SSSR count). The van der Waals surface area contributed by atoms with Gasteiger partial charge in [0.25, 0.3) is 5.91 Å². The Morgan fingerprint density at radius 1 is 1.63 bits per heavy atom. The molecule has 1 fully saturated rings. The van der Waals surface area contributed by atoms with E-state index in [4.69, 9.17) is 5.73 Å². The van der Waals surface area contributed by atoms with Crippen LogP contribution in [0.15, 0.2) is 17.5 Å². The summed E-state index contributed by atoms with van der Waals surface area (Å²) in [5, 5.41) is 4.58. The molecule has 0 aliphatic carbocycles. The average Bonchev–Trinajstić information content (AvgIpc) is 3.08. The maximum absolute atomic E-state index is 12.3. The number of thiophene rings is 1. The highest BCUT2D eigenvalue weighted by Crippen LogP contribution is 2.17. The maximum atomic E-state index is 12.3. The number of likely N-dealkylation sites (tertiary alicyclic amines) is 1. The van der Waals surface area contributed by atoms with Gasteiger partial charge in [-0.2, -0.15) is 0 Å². The summed E-state index contributed by atoms with van der Waals surface area (Å²) in [6.45, 7) is 2.94. The summed E-state index contributed by atoms with van der Waals surface area (Å²) >= 11 is 1.37. The number of hydrogen-bond acceptors (Lipinski definition) is 4. The van der Waals surface area contributed by atoms with Gasteiger partial charge < -0.3 is 16.0 Å². The van der Waals surface area contributed by atoms with Crippen molar-refractivity contribution in [2.24, 2.45) is 5.73 Å². The second kappa shape index (κ2) is 6.16. The zero-order valence-electron chi connectivity index (χ0n) is 11.0. The molecule has 3 N–H and O–H groups in total. The lowest BCUT2D eigenvalue weighted by Gasteiger charge is -2.26. The van der Waals surface area contributed by atoms with Crippen molar-refractivity contribution in [2.45, 2.75) is 31.8 Å². The molecule has 0 radical (unpaired) electrons. The number of nitrogens with zero attached hydrogens (tertiary/aromatic N) is 1. The maximum Gasteiger partial charge on any atom is 0.261 e. The van der Waals surface area contributed by atoms with Crippen LogP contribution in [0.4, 0.5) is 0 Å². The van der Waals surface area contributed by atoms with Crippen molar-refractivity contribution in [3.63, 3.8) is 0 Å². The fourth-order valence-electron chi connectivity index (χ4n) is 2.36. The lowest BCUT2D eigenvalue weighted by atomic mass is 10.2. The Labute approximate surface area is 116 Å². The van der Waals surface area contributed by atoms with Crippen LogP contribution in [0.3, 0.4) is 0 Å². The second-order valence-electron chi connectivity index (χ2n) is 4.74. The Bertz CT molecular complexity index is 447. The van der Waals surface area contributed by atoms with Crippen molar-refractivity contribution in [3.05, 3.63) is 22.4 Å². The van der Waals surface area contributed by atoms with Gasteiger partial charge in [0.2, 0.25) is 5.91 Å². The van der Waals surface area contributed by atoms with E-state index >= 15 is 0 Å². The van der Waals surface area contributed by atoms with Crippen molar-refractivity contribution < 1.29 is 9.59 Å². The zero-order valence-corrected chi connectivity index (χ0v) is 11.8. The van der Waals surface area contributed by atoms with Gasteiger partial charge in [-0.1, -0.05) is 6.07 Å². The zero-order chi connectivity index (χ0) is 13.8. The predicted molar refractivity (Wildman–Crippen MR) is 75.0 cm³/mol. The van der Waals surface area contributed by atoms with Crippen LogP contribution < -0.4 is 11.1 Å². The molecule has 2 atom stereocenters. The molecule has 1 aromatic rings. The molecule has 2 unspecified atom stereocenters. The highest BCUT2D eigenvalue weighted by atomic mass is 32.1. The van der Waals surface area contributed by atoms with Crippen LogP contribution in [-0.4, -0.2) is 41.9 Å². The highest BCUT2D eigenvalue weighted by molar-refractivity contribution is 7.12. The van der Waals surface area contributed by atoms with E-state index in [1.807, 2.05) is 11.4 Å². The molecule has 1 aliphatic rings. The molecule has 5 nitrogen and oxygen atoms in total. The summed E-state index contributed by atoms with van der Waals surface area (Å²) in [5.41, 5.74) is 5.66. The predicted octanol–water partition coefficient (Wildman–Crippen LogP) is 0.816. The van der Waals surface area contributed by atoms with E-state index < -0.39 is 6.04 Å². The summed E-state index contributed by atoms with van der Waals surface area (Å²) in [6.07, 6.45) is 1.94. The van der Waals surface area contributed by atoms with Gasteiger partial charge >= 0.3 is 0 Å². The Morgan fingerprint density at radius 3 is 3.05 bits per heavy atom. The third-order valence-corrected chi connectivity index (χ3v) is 4.26. The van der Waals surface area contributed by atoms with E-state index in [9.17, 15) is 9.59 Å². The molecule has 2 amide bonds. The minimum atomic E-state index is -0.512. The largest absolute Gasteiger partial charge is 0.340 e. The lowest BCUT2D eigenvalue weighted by molar-refractivity contribution is -0.133. The van der Waals surface area contributed by atoms with Crippen LogP contribution in [0.2, 0.25) is 0 Å². The van der Waals surface area contributed by atoms with Gasteiger partial charge in [-0.3, -0.25) is 9.59 Å².